The lowest BCUT2D eigenvalue weighted by Gasteiger charge is -2.32. The van der Waals surface area contributed by atoms with Crippen molar-refractivity contribution in [1.29, 1.82) is 5.26 Å². The molecule has 0 amide bonds. The van der Waals surface area contributed by atoms with Crippen molar-refractivity contribution in [3.63, 3.8) is 0 Å². The summed E-state index contributed by atoms with van der Waals surface area (Å²) >= 11 is 0. The van der Waals surface area contributed by atoms with Crippen LogP contribution in [0.5, 0.6) is 0 Å². The van der Waals surface area contributed by atoms with Crippen molar-refractivity contribution in [3.8, 4) is 6.07 Å². The number of halogens is 1. The molecule has 21 heavy (non-hydrogen) atoms. The number of benzene rings is 1. The molecule has 0 bridgehead atoms. The van der Waals surface area contributed by atoms with Gasteiger partial charge in [-0.3, -0.25) is 4.90 Å². The normalized spacial score (nSPS) is 16.3. The highest BCUT2D eigenvalue weighted by molar-refractivity contribution is 5.57. The zero-order chi connectivity index (χ0) is 15.2. The molecule has 1 aliphatic heterocycles. The summed E-state index contributed by atoms with van der Waals surface area (Å²) in [6.07, 6.45) is 4.33. The molecule has 0 spiro atoms. The highest BCUT2D eigenvalue weighted by atomic mass is 19.1. The Hall–Kier alpha value is -1.86. The minimum atomic E-state index is -0.367. The Morgan fingerprint density at radius 1 is 1.43 bits per heavy atom. The smallest absolute Gasteiger partial charge is 0.124 e. The molecule has 4 heteroatoms. The van der Waals surface area contributed by atoms with Crippen LogP contribution in [0.25, 0.3) is 0 Å². The Morgan fingerprint density at radius 2 is 2.14 bits per heavy atom. The second kappa shape index (κ2) is 7.24. The van der Waals surface area contributed by atoms with E-state index in [9.17, 15) is 4.39 Å². The third-order valence-electron chi connectivity index (χ3n) is 3.81. The molecule has 1 aromatic rings. The molecule has 1 aromatic carbocycles. The van der Waals surface area contributed by atoms with Crippen LogP contribution >= 0.6 is 0 Å². The second-order valence-electron chi connectivity index (χ2n) is 5.80. The summed E-state index contributed by atoms with van der Waals surface area (Å²) in [7, 11) is 0. The SMILES string of the molecule is CC(C)=CCN1CCC(Nc2ccc(F)cc2C#N)CC1. The molecule has 0 radical (unpaired) electrons. The number of hydrogen-bond acceptors (Lipinski definition) is 3. The van der Waals surface area contributed by atoms with Crippen LogP contribution in [-0.2, 0) is 0 Å². The molecule has 2 rings (SSSR count). The maximum absolute atomic E-state index is 13.1. The minimum absolute atomic E-state index is 0.352. The predicted molar refractivity (Wildman–Crippen MR) is 83.6 cm³/mol. The summed E-state index contributed by atoms with van der Waals surface area (Å²) in [5.74, 6) is -0.367. The lowest BCUT2D eigenvalue weighted by Crippen LogP contribution is -2.39. The standard InChI is InChI=1S/C17H22FN3/c1-13(2)5-8-21-9-6-16(7-10-21)20-17-4-3-15(18)11-14(17)12-19/h3-5,11,16,20H,6-10H2,1-2H3. The van der Waals surface area contributed by atoms with Gasteiger partial charge >= 0.3 is 0 Å². The van der Waals surface area contributed by atoms with E-state index in [0.717, 1.165) is 38.2 Å². The van der Waals surface area contributed by atoms with E-state index in [2.05, 4.69) is 30.1 Å². The molecule has 1 aliphatic rings. The molecule has 0 aromatic heterocycles. The zero-order valence-corrected chi connectivity index (χ0v) is 12.7. The fourth-order valence-electron chi connectivity index (χ4n) is 2.53. The van der Waals surface area contributed by atoms with Crippen LogP contribution in [0.4, 0.5) is 10.1 Å². The zero-order valence-electron chi connectivity index (χ0n) is 12.7. The van der Waals surface area contributed by atoms with Crippen LogP contribution < -0.4 is 5.32 Å². The van der Waals surface area contributed by atoms with Crippen LogP contribution in [0.3, 0.4) is 0 Å². The Bertz CT molecular complexity index is 548. The molecule has 1 heterocycles. The third kappa shape index (κ3) is 4.57. The first-order valence-corrected chi connectivity index (χ1v) is 7.40. The van der Waals surface area contributed by atoms with Gasteiger partial charge in [0.25, 0.3) is 0 Å². The van der Waals surface area contributed by atoms with Crippen molar-refractivity contribution in [3.05, 3.63) is 41.2 Å². The summed E-state index contributed by atoms with van der Waals surface area (Å²) in [6.45, 7) is 7.34. The molecule has 0 unspecified atom stereocenters. The first kappa shape index (κ1) is 15.5. The summed E-state index contributed by atoms with van der Waals surface area (Å²) in [5.41, 5.74) is 2.46. The van der Waals surface area contributed by atoms with Crippen molar-refractivity contribution in [2.24, 2.45) is 0 Å². The van der Waals surface area contributed by atoms with E-state index in [0.29, 0.717) is 11.6 Å². The van der Waals surface area contributed by atoms with Crippen LogP contribution in [0, 0.1) is 17.1 Å². The Morgan fingerprint density at radius 3 is 2.76 bits per heavy atom. The number of allylic oxidation sites excluding steroid dienone is 1. The first-order valence-electron chi connectivity index (χ1n) is 7.40. The van der Waals surface area contributed by atoms with Crippen molar-refractivity contribution in [2.45, 2.75) is 32.7 Å². The summed E-state index contributed by atoms with van der Waals surface area (Å²) in [6, 6.07) is 6.74. The van der Waals surface area contributed by atoms with Gasteiger partial charge in [-0.25, -0.2) is 4.39 Å². The van der Waals surface area contributed by atoms with Crippen molar-refractivity contribution in [1.82, 2.24) is 4.90 Å². The molecule has 0 saturated carbocycles. The molecule has 0 aliphatic carbocycles. The van der Waals surface area contributed by atoms with E-state index in [-0.39, 0.29) is 5.82 Å². The van der Waals surface area contributed by atoms with Gasteiger partial charge in [-0.15, -0.1) is 0 Å². The maximum atomic E-state index is 13.1. The van der Waals surface area contributed by atoms with Gasteiger partial charge in [-0.05, 0) is 44.9 Å². The average Bonchev–Trinajstić information content (AvgIpc) is 2.48. The van der Waals surface area contributed by atoms with Gasteiger partial charge in [0.1, 0.15) is 11.9 Å². The largest absolute Gasteiger partial charge is 0.381 e. The molecular formula is C17H22FN3. The number of hydrogen-bond donors (Lipinski definition) is 1. The minimum Gasteiger partial charge on any atom is -0.381 e. The lowest BCUT2D eigenvalue weighted by molar-refractivity contribution is 0.240. The van der Waals surface area contributed by atoms with Gasteiger partial charge in [0.05, 0.1) is 11.3 Å². The van der Waals surface area contributed by atoms with Crippen LogP contribution in [0.2, 0.25) is 0 Å². The van der Waals surface area contributed by atoms with Crippen molar-refractivity contribution >= 4 is 5.69 Å². The van der Waals surface area contributed by atoms with Crippen LogP contribution in [-0.4, -0.2) is 30.6 Å². The van der Waals surface area contributed by atoms with Gasteiger partial charge in [-0.2, -0.15) is 5.26 Å². The van der Waals surface area contributed by atoms with Gasteiger partial charge < -0.3 is 5.32 Å². The third-order valence-corrected chi connectivity index (χ3v) is 3.81. The Labute approximate surface area is 126 Å². The number of anilines is 1. The predicted octanol–water partition coefficient (Wildman–Crippen LogP) is 3.54. The van der Waals surface area contributed by atoms with E-state index >= 15 is 0 Å². The Kier molecular flexibility index (Phi) is 5.35. The number of nitrogens with zero attached hydrogens (tertiary/aromatic N) is 2. The summed E-state index contributed by atoms with van der Waals surface area (Å²) in [4.78, 5) is 2.43. The van der Waals surface area contributed by atoms with E-state index in [1.54, 1.807) is 6.07 Å². The van der Waals surface area contributed by atoms with E-state index in [1.165, 1.54) is 17.7 Å². The topological polar surface area (TPSA) is 39.1 Å². The molecular weight excluding hydrogens is 265 g/mol. The molecule has 1 N–H and O–H groups in total. The number of piperidine rings is 1. The number of nitriles is 1. The average molecular weight is 287 g/mol. The van der Waals surface area contributed by atoms with Gasteiger partial charge in [0.2, 0.25) is 0 Å². The van der Waals surface area contributed by atoms with Crippen molar-refractivity contribution < 1.29 is 4.39 Å². The second-order valence-corrected chi connectivity index (χ2v) is 5.80. The van der Waals surface area contributed by atoms with E-state index in [4.69, 9.17) is 5.26 Å². The maximum Gasteiger partial charge on any atom is 0.124 e. The molecule has 1 saturated heterocycles. The fraction of sp³-hybridized carbons (Fsp3) is 0.471. The molecule has 3 nitrogen and oxygen atoms in total. The van der Waals surface area contributed by atoms with Crippen LogP contribution in [0.1, 0.15) is 32.3 Å². The monoisotopic (exact) mass is 287 g/mol. The molecule has 1 fully saturated rings. The Balaban J connectivity index is 1.89. The van der Waals surface area contributed by atoms with E-state index < -0.39 is 0 Å². The van der Waals surface area contributed by atoms with Gasteiger partial charge in [0.15, 0.2) is 0 Å². The highest BCUT2D eigenvalue weighted by Gasteiger charge is 2.19. The highest BCUT2D eigenvalue weighted by Crippen LogP contribution is 2.21. The number of likely N-dealkylation sites (tertiary alicyclic amines) is 1. The van der Waals surface area contributed by atoms with Crippen molar-refractivity contribution in [2.75, 3.05) is 25.0 Å². The van der Waals surface area contributed by atoms with E-state index in [1.807, 2.05) is 6.07 Å². The number of nitrogens with one attached hydrogen (secondary N) is 1. The first-order chi connectivity index (χ1) is 10.1. The number of rotatable bonds is 4. The quantitative estimate of drug-likeness (QED) is 0.861. The van der Waals surface area contributed by atoms with Gasteiger partial charge in [0, 0.05) is 25.7 Å². The van der Waals surface area contributed by atoms with Crippen LogP contribution in [0.15, 0.2) is 29.8 Å². The molecule has 112 valence electrons. The van der Waals surface area contributed by atoms with Gasteiger partial charge in [-0.1, -0.05) is 11.6 Å². The summed E-state index contributed by atoms with van der Waals surface area (Å²) in [5, 5.41) is 12.4. The summed E-state index contributed by atoms with van der Waals surface area (Å²) < 4.78 is 13.1. The fourth-order valence-corrected chi connectivity index (χ4v) is 2.53. The molecule has 0 atom stereocenters. The lowest BCUT2D eigenvalue weighted by atomic mass is 10.0.